The number of hydrogen-bond donors (Lipinski definition) is 1. The van der Waals surface area contributed by atoms with Crippen LogP contribution >= 0.6 is 0 Å². The second kappa shape index (κ2) is 3.67. The molecule has 0 bridgehead atoms. The molecule has 88 valence electrons. The molecule has 1 N–H and O–H groups in total. The van der Waals surface area contributed by atoms with E-state index in [4.69, 9.17) is 0 Å². The molecule has 2 aromatic rings. The summed E-state index contributed by atoms with van der Waals surface area (Å²) in [5, 5.41) is 9.54. The van der Waals surface area contributed by atoms with Crippen molar-refractivity contribution in [3.05, 3.63) is 42.1 Å². The molecule has 3 rings (SSSR count). The fraction of sp³-hybridized carbons (Fsp3) is 0.308. The van der Waals surface area contributed by atoms with Crippen molar-refractivity contribution in [1.29, 1.82) is 0 Å². The van der Waals surface area contributed by atoms with Gasteiger partial charge in [0.1, 0.15) is 5.82 Å². The summed E-state index contributed by atoms with van der Waals surface area (Å²) in [5.74, 6) is -0.211. The zero-order valence-corrected chi connectivity index (χ0v) is 9.47. The molecule has 1 aromatic carbocycles. The van der Waals surface area contributed by atoms with E-state index in [-0.39, 0.29) is 11.9 Å². The van der Waals surface area contributed by atoms with Crippen LogP contribution in [0.4, 0.5) is 4.39 Å². The maximum Gasteiger partial charge on any atom is 0.129 e. The van der Waals surface area contributed by atoms with Gasteiger partial charge >= 0.3 is 0 Å². The lowest BCUT2D eigenvalue weighted by atomic mass is 9.98. The first-order valence-electron chi connectivity index (χ1n) is 5.67. The highest BCUT2D eigenvalue weighted by Gasteiger charge is 2.31. The van der Waals surface area contributed by atoms with Crippen LogP contribution in [-0.4, -0.2) is 20.8 Å². The Labute approximate surface area is 98.5 Å². The molecule has 2 unspecified atom stereocenters. The van der Waals surface area contributed by atoms with Crippen molar-refractivity contribution in [2.45, 2.75) is 25.5 Å². The number of imidazole rings is 1. The smallest absolute Gasteiger partial charge is 0.129 e. The van der Waals surface area contributed by atoms with E-state index in [1.54, 1.807) is 25.5 Å². The van der Waals surface area contributed by atoms with E-state index in [2.05, 4.69) is 4.98 Å². The first-order chi connectivity index (χ1) is 8.18. The third kappa shape index (κ3) is 1.48. The van der Waals surface area contributed by atoms with Crippen LogP contribution in [0.3, 0.4) is 0 Å². The zero-order chi connectivity index (χ0) is 12.0. The summed E-state index contributed by atoms with van der Waals surface area (Å²) in [6.07, 6.45) is 3.46. The van der Waals surface area contributed by atoms with Gasteiger partial charge in [0.2, 0.25) is 0 Å². The molecule has 0 saturated heterocycles. The van der Waals surface area contributed by atoms with Gasteiger partial charge in [0.15, 0.2) is 0 Å². The minimum atomic E-state index is -0.471. The number of halogens is 1. The highest BCUT2D eigenvalue weighted by Crippen LogP contribution is 2.42. The second-order valence-corrected chi connectivity index (χ2v) is 4.49. The Bertz CT molecular complexity index is 562. The normalized spacial score (nSPS) is 18.9. The maximum absolute atomic E-state index is 13.9. The monoisotopic (exact) mass is 232 g/mol. The van der Waals surface area contributed by atoms with E-state index in [0.717, 1.165) is 11.3 Å². The summed E-state index contributed by atoms with van der Waals surface area (Å²) in [5.41, 5.74) is 2.48. The zero-order valence-electron chi connectivity index (χ0n) is 9.47. The molecule has 1 aliphatic rings. The van der Waals surface area contributed by atoms with Gasteiger partial charge in [-0.05, 0) is 19.4 Å². The van der Waals surface area contributed by atoms with Crippen molar-refractivity contribution < 1.29 is 9.50 Å². The number of fused-ring (bicyclic) bond motifs is 3. The highest BCUT2D eigenvalue weighted by atomic mass is 19.1. The largest absolute Gasteiger partial charge is 0.393 e. The van der Waals surface area contributed by atoms with Gasteiger partial charge in [0, 0.05) is 11.1 Å². The van der Waals surface area contributed by atoms with Gasteiger partial charge in [-0.15, -0.1) is 0 Å². The highest BCUT2D eigenvalue weighted by molar-refractivity contribution is 5.69. The molecule has 2 atom stereocenters. The van der Waals surface area contributed by atoms with E-state index in [0.29, 0.717) is 12.0 Å². The Morgan fingerprint density at radius 2 is 2.35 bits per heavy atom. The Kier molecular flexibility index (Phi) is 2.26. The van der Waals surface area contributed by atoms with E-state index in [9.17, 15) is 9.50 Å². The molecule has 0 saturated carbocycles. The second-order valence-electron chi connectivity index (χ2n) is 4.49. The van der Waals surface area contributed by atoms with Gasteiger partial charge in [-0.2, -0.15) is 0 Å². The van der Waals surface area contributed by atoms with E-state index in [1.165, 1.54) is 6.07 Å². The van der Waals surface area contributed by atoms with E-state index >= 15 is 0 Å². The van der Waals surface area contributed by atoms with Crippen molar-refractivity contribution in [1.82, 2.24) is 9.55 Å². The fourth-order valence-electron chi connectivity index (χ4n) is 2.55. The van der Waals surface area contributed by atoms with Crippen LogP contribution in [0.15, 0.2) is 30.7 Å². The molecule has 0 spiro atoms. The number of benzene rings is 1. The molecule has 2 heterocycles. The summed E-state index contributed by atoms with van der Waals surface area (Å²) in [7, 11) is 0. The van der Waals surface area contributed by atoms with Gasteiger partial charge in [0.05, 0.1) is 30.4 Å². The Hall–Kier alpha value is -1.68. The van der Waals surface area contributed by atoms with Gasteiger partial charge < -0.3 is 9.67 Å². The molecule has 0 radical (unpaired) electrons. The Balaban J connectivity index is 2.19. The van der Waals surface area contributed by atoms with Gasteiger partial charge in [0.25, 0.3) is 0 Å². The van der Waals surface area contributed by atoms with Gasteiger partial charge in [-0.3, -0.25) is 0 Å². The van der Waals surface area contributed by atoms with Crippen molar-refractivity contribution in [3.63, 3.8) is 0 Å². The predicted molar refractivity (Wildman–Crippen MR) is 62.1 cm³/mol. The molecule has 4 heteroatoms. The van der Waals surface area contributed by atoms with Gasteiger partial charge in [-0.25, -0.2) is 9.37 Å². The summed E-state index contributed by atoms with van der Waals surface area (Å²) in [6.45, 7) is 1.72. The van der Waals surface area contributed by atoms with Crippen LogP contribution in [0, 0.1) is 5.82 Å². The number of nitrogens with zero attached hydrogens (tertiary/aromatic N) is 2. The molecule has 1 aliphatic heterocycles. The van der Waals surface area contributed by atoms with E-state index in [1.807, 2.05) is 10.6 Å². The SMILES string of the molecule is CC(O)CC1c2c(F)cccc2-c2cncn21. The topological polar surface area (TPSA) is 38.1 Å². The molecular formula is C13H13FN2O. The average Bonchev–Trinajstić information content (AvgIpc) is 2.82. The third-order valence-electron chi connectivity index (χ3n) is 3.23. The van der Waals surface area contributed by atoms with Crippen LogP contribution in [0.2, 0.25) is 0 Å². The number of aliphatic hydroxyl groups is 1. The summed E-state index contributed by atoms with van der Waals surface area (Å²) >= 11 is 0. The fourth-order valence-corrected chi connectivity index (χ4v) is 2.55. The maximum atomic E-state index is 13.9. The quantitative estimate of drug-likeness (QED) is 0.863. The number of rotatable bonds is 2. The van der Waals surface area contributed by atoms with Crippen LogP contribution in [-0.2, 0) is 0 Å². The minimum absolute atomic E-state index is 0.149. The average molecular weight is 232 g/mol. The molecular weight excluding hydrogens is 219 g/mol. The van der Waals surface area contributed by atoms with Crippen LogP contribution in [0.25, 0.3) is 11.3 Å². The molecule has 3 nitrogen and oxygen atoms in total. The van der Waals surface area contributed by atoms with Crippen LogP contribution < -0.4 is 0 Å². The van der Waals surface area contributed by atoms with Crippen molar-refractivity contribution in [2.24, 2.45) is 0 Å². The van der Waals surface area contributed by atoms with Crippen LogP contribution in [0.5, 0.6) is 0 Å². The molecule has 1 aromatic heterocycles. The van der Waals surface area contributed by atoms with E-state index < -0.39 is 6.10 Å². The summed E-state index contributed by atoms with van der Waals surface area (Å²) in [4.78, 5) is 4.09. The minimum Gasteiger partial charge on any atom is -0.393 e. The molecule has 0 fully saturated rings. The van der Waals surface area contributed by atoms with Crippen molar-refractivity contribution >= 4 is 0 Å². The summed E-state index contributed by atoms with van der Waals surface area (Å²) < 4.78 is 15.8. The Morgan fingerprint density at radius 3 is 3.12 bits per heavy atom. The number of aliphatic hydroxyl groups excluding tert-OH is 1. The lowest BCUT2D eigenvalue weighted by molar-refractivity contribution is 0.170. The molecule has 17 heavy (non-hydrogen) atoms. The third-order valence-corrected chi connectivity index (χ3v) is 3.23. The lowest BCUT2D eigenvalue weighted by Crippen LogP contribution is -2.13. The Morgan fingerprint density at radius 1 is 1.53 bits per heavy atom. The standard InChI is InChI=1S/C13H13FN2O/c1-8(17)5-11-13-9(3-2-4-10(13)14)12-6-15-7-16(11)12/h2-4,6-8,11,17H,5H2,1H3. The first-order valence-corrected chi connectivity index (χ1v) is 5.67. The van der Waals surface area contributed by atoms with Gasteiger partial charge in [-0.1, -0.05) is 12.1 Å². The van der Waals surface area contributed by atoms with Crippen LogP contribution in [0.1, 0.15) is 24.9 Å². The first kappa shape index (κ1) is 10.5. The lowest BCUT2D eigenvalue weighted by Gasteiger charge is -2.16. The van der Waals surface area contributed by atoms with Crippen molar-refractivity contribution in [2.75, 3.05) is 0 Å². The molecule has 0 amide bonds. The number of aromatic nitrogens is 2. The number of hydrogen-bond acceptors (Lipinski definition) is 2. The summed E-state index contributed by atoms with van der Waals surface area (Å²) in [6, 6.07) is 4.92. The predicted octanol–water partition coefficient (Wildman–Crippen LogP) is 2.36. The van der Waals surface area contributed by atoms with Crippen molar-refractivity contribution in [3.8, 4) is 11.3 Å². The molecule has 0 aliphatic carbocycles.